The van der Waals surface area contributed by atoms with Crippen LogP contribution in [-0.2, 0) is 5.41 Å². The molecule has 0 aromatic heterocycles. The Morgan fingerprint density at radius 1 is 1.26 bits per heavy atom. The molecule has 1 aromatic carbocycles. The van der Waals surface area contributed by atoms with E-state index in [4.69, 9.17) is 5.11 Å². The van der Waals surface area contributed by atoms with Crippen molar-refractivity contribution in [2.24, 2.45) is 0 Å². The fourth-order valence-corrected chi connectivity index (χ4v) is 2.58. The highest BCUT2D eigenvalue weighted by atomic mass is 16.3. The molecule has 1 atom stereocenters. The van der Waals surface area contributed by atoms with E-state index in [1.54, 1.807) is 0 Å². The quantitative estimate of drug-likeness (QED) is 0.876. The maximum absolute atomic E-state index is 9.04. The minimum Gasteiger partial charge on any atom is -0.396 e. The Bertz CT molecular complexity index is 392. The Hall–Kier alpha value is -1.06. The van der Waals surface area contributed by atoms with Crippen molar-refractivity contribution >= 4 is 5.69 Å². The highest BCUT2D eigenvalue weighted by Gasteiger charge is 2.19. The molecule has 1 aliphatic rings. The smallest absolute Gasteiger partial charge is 0.0446 e. The van der Waals surface area contributed by atoms with E-state index < -0.39 is 0 Å². The van der Waals surface area contributed by atoms with Crippen LogP contribution >= 0.6 is 0 Å². The van der Waals surface area contributed by atoms with Crippen LogP contribution in [-0.4, -0.2) is 37.4 Å². The minimum atomic E-state index is 0.210. The van der Waals surface area contributed by atoms with Crippen LogP contribution in [0.1, 0.15) is 32.8 Å². The molecule has 0 bridgehead atoms. The number of piperazine rings is 1. The van der Waals surface area contributed by atoms with Gasteiger partial charge in [0.25, 0.3) is 0 Å². The van der Waals surface area contributed by atoms with Gasteiger partial charge in [0.1, 0.15) is 0 Å². The van der Waals surface area contributed by atoms with E-state index in [1.165, 1.54) is 11.3 Å². The minimum absolute atomic E-state index is 0.210. The Balaban J connectivity index is 2.05. The molecule has 106 valence electrons. The van der Waals surface area contributed by atoms with Crippen LogP contribution in [0.3, 0.4) is 0 Å². The van der Waals surface area contributed by atoms with E-state index in [0.29, 0.717) is 6.04 Å². The number of hydrogen-bond acceptors (Lipinski definition) is 3. The summed E-state index contributed by atoms with van der Waals surface area (Å²) in [4.78, 5) is 2.41. The third-order valence-corrected chi connectivity index (χ3v) is 3.83. The van der Waals surface area contributed by atoms with E-state index in [9.17, 15) is 0 Å². The zero-order chi connectivity index (χ0) is 13.9. The summed E-state index contributed by atoms with van der Waals surface area (Å²) in [6.45, 7) is 9.99. The number of aliphatic hydroxyl groups excluding tert-OH is 1. The van der Waals surface area contributed by atoms with E-state index >= 15 is 0 Å². The number of anilines is 1. The Kier molecular flexibility index (Phi) is 4.48. The van der Waals surface area contributed by atoms with Gasteiger partial charge >= 0.3 is 0 Å². The molecule has 1 heterocycles. The zero-order valence-corrected chi connectivity index (χ0v) is 12.3. The van der Waals surface area contributed by atoms with Crippen LogP contribution in [0, 0.1) is 0 Å². The van der Waals surface area contributed by atoms with Gasteiger partial charge in [0.15, 0.2) is 0 Å². The first-order valence-corrected chi connectivity index (χ1v) is 7.20. The van der Waals surface area contributed by atoms with Crippen LogP contribution in [0.25, 0.3) is 0 Å². The van der Waals surface area contributed by atoms with Gasteiger partial charge in [-0.3, -0.25) is 0 Å². The first-order chi connectivity index (χ1) is 9.00. The van der Waals surface area contributed by atoms with Crippen LogP contribution in [0.2, 0.25) is 0 Å². The van der Waals surface area contributed by atoms with Gasteiger partial charge in [0.05, 0.1) is 0 Å². The third-order valence-electron chi connectivity index (χ3n) is 3.83. The predicted octanol–water partition coefficient (Wildman–Crippen LogP) is 2.14. The molecular formula is C16H26N2O. The number of aliphatic hydroxyl groups is 1. The number of nitrogens with zero attached hydrogens (tertiary/aromatic N) is 1. The maximum atomic E-state index is 9.04. The first-order valence-electron chi connectivity index (χ1n) is 7.20. The van der Waals surface area contributed by atoms with Crippen LogP contribution in [0.4, 0.5) is 5.69 Å². The molecule has 0 spiro atoms. The molecule has 1 aliphatic heterocycles. The fourth-order valence-electron chi connectivity index (χ4n) is 2.58. The Morgan fingerprint density at radius 3 is 2.53 bits per heavy atom. The van der Waals surface area contributed by atoms with Crippen molar-refractivity contribution in [1.29, 1.82) is 0 Å². The zero-order valence-electron chi connectivity index (χ0n) is 12.3. The van der Waals surface area contributed by atoms with Gasteiger partial charge in [-0.05, 0) is 29.5 Å². The summed E-state index contributed by atoms with van der Waals surface area (Å²) in [7, 11) is 0. The second kappa shape index (κ2) is 5.93. The number of nitrogens with one attached hydrogen (secondary N) is 1. The van der Waals surface area contributed by atoms with Gasteiger partial charge in [-0.25, -0.2) is 0 Å². The molecule has 19 heavy (non-hydrogen) atoms. The Morgan fingerprint density at radius 2 is 1.95 bits per heavy atom. The lowest BCUT2D eigenvalue weighted by atomic mass is 9.87. The molecule has 1 aromatic rings. The van der Waals surface area contributed by atoms with Crippen LogP contribution < -0.4 is 10.2 Å². The second-order valence-electron chi connectivity index (χ2n) is 6.41. The molecule has 3 heteroatoms. The standard InChI is InChI=1S/C16H26N2O/c1-16(2,3)13-4-6-15(7-5-13)18-10-9-17-14(12-18)8-11-19/h4-7,14,17,19H,8-12H2,1-3H3. The number of hydrogen-bond donors (Lipinski definition) is 2. The van der Waals surface area contributed by atoms with Crippen molar-refractivity contribution in [3.63, 3.8) is 0 Å². The Labute approximate surface area is 116 Å². The summed E-state index contributed by atoms with van der Waals surface area (Å²) in [6, 6.07) is 9.32. The summed E-state index contributed by atoms with van der Waals surface area (Å²) in [6.07, 6.45) is 0.830. The van der Waals surface area contributed by atoms with Crippen molar-refractivity contribution in [3.8, 4) is 0 Å². The molecule has 0 saturated carbocycles. The third kappa shape index (κ3) is 3.71. The molecular weight excluding hydrogens is 236 g/mol. The van der Waals surface area contributed by atoms with Crippen molar-refractivity contribution in [3.05, 3.63) is 29.8 Å². The molecule has 1 unspecified atom stereocenters. The normalized spacial score (nSPS) is 20.6. The average Bonchev–Trinajstić information content (AvgIpc) is 2.39. The number of benzene rings is 1. The average molecular weight is 262 g/mol. The van der Waals surface area contributed by atoms with Crippen LogP contribution in [0.5, 0.6) is 0 Å². The van der Waals surface area contributed by atoms with E-state index in [0.717, 1.165) is 26.1 Å². The summed E-state index contributed by atoms with van der Waals surface area (Å²) < 4.78 is 0. The molecule has 2 N–H and O–H groups in total. The van der Waals surface area contributed by atoms with Gasteiger partial charge < -0.3 is 15.3 Å². The topological polar surface area (TPSA) is 35.5 Å². The van der Waals surface area contributed by atoms with Gasteiger partial charge in [-0.2, -0.15) is 0 Å². The molecule has 0 amide bonds. The molecule has 3 nitrogen and oxygen atoms in total. The van der Waals surface area contributed by atoms with Gasteiger partial charge in [0, 0.05) is 38.0 Å². The summed E-state index contributed by atoms with van der Waals surface area (Å²) in [5.41, 5.74) is 2.87. The number of rotatable bonds is 3. The highest BCUT2D eigenvalue weighted by molar-refractivity contribution is 5.49. The van der Waals surface area contributed by atoms with Gasteiger partial charge in [0.2, 0.25) is 0 Å². The van der Waals surface area contributed by atoms with Gasteiger partial charge in [-0.15, -0.1) is 0 Å². The van der Waals surface area contributed by atoms with Crippen molar-refractivity contribution in [2.75, 3.05) is 31.1 Å². The highest BCUT2D eigenvalue weighted by Crippen LogP contribution is 2.25. The molecule has 0 radical (unpaired) electrons. The summed E-state index contributed by atoms with van der Waals surface area (Å²) >= 11 is 0. The van der Waals surface area contributed by atoms with E-state index in [2.05, 4.69) is 55.3 Å². The molecule has 2 rings (SSSR count). The monoisotopic (exact) mass is 262 g/mol. The fraction of sp³-hybridized carbons (Fsp3) is 0.625. The van der Waals surface area contributed by atoms with Crippen molar-refractivity contribution in [1.82, 2.24) is 5.32 Å². The lowest BCUT2D eigenvalue weighted by Crippen LogP contribution is -2.51. The van der Waals surface area contributed by atoms with Crippen molar-refractivity contribution < 1.29 is 5.11 Å². The molecule has 1 fully saturated rings. The lowest BCUT2D eigenvalue weighted by Gasteiger charge is -2.35. The van der Waals surface area contributed by atoms with E-state index in [1.807, 2.05) is 0 Å². The SMILES string of the molecule is CC(C)(C)c1ccc(N2CCNC(CCO)C2)cc1. The first kappa shape index (κ1) is 14.4. The second-order valence-corrected chi connectivity index (χ2v) is 6.41. The molecule has 1 saturated heterocycles. The van der Waals surface area contributed by atoms with Crippen molar-refractivity contribution in [2.45, 2.75) is 38.6 Å². The lowest BCUT2D eigenvalue weighted by molar-refractivity contribution is 0.260. The van der Waals surface area contributed by atoms with Gasteiger partial charge in [-0.1, -0.05) is 32.9 Å². The summed E-state index contributed by atoms with van der Waals surface area (Å²) in [5, 5.41) is 12.5. The molecule has 0 aliphatic carbocycles. The van der Waals surface area contributed by atoms with E-state index in [-0.39, 0.29) is 12.0 Å². The van der Waals surface area contributed by atoms with Crippen LogP contribution in [0.15, 0.2) is 24.3 Å². The maximum Gasteiger partial charge on any atom is 0.0446 e. The summed E-state index contributed by atoms with van der Waals surface area (Å²) in [5.74, 6) is 0. The predicted molar refractivity (Wildman–Crippen MR) is 80.8 cm³/mol. The largest absolute Gasteiger partial charge is 0.396 e.